The molecule has 3 amide bonds. The van der Waals surface area contributed by atoms with Gasteiger partial charge in [0.2, 0.25) is 11.8 Å². The van der Waals surface area contributed by atoms with E-state index in [4.69, 9.17) is 23.2 Å². The minimum atomic E-state index is -0.720. The summed E-state index contributed by atoms with van der Waals surface area (Å²) in [6.45, 7) is 1.70. The number of para-hydroxylation sites is 1. The van der Waals surface area contributed by atoms with Crippen LogP contribution in [0.25, 0.3) is 0 Å². The van der Waals surface area contributed by atoms with Crippen LogP contribution in [0.2, 0.25) is 10.0 Å². The van der Waals surface area contributed by atoms with Gasteiger partial charge in [0.25, 0.3) is 5.91 Å². The Labute approximate surface area is 173 Å². The molecular weight excluding hydrogens is 401 g/mol. The standard InChI is InChI=1S/C20H19Cl2N3O3/c1-12-13(21)7-5-9-16(12)25-19(27)10-17(20(25)28)24(2)11-18(26)23-15-8-4-3-6-14(15)22/h3-9,17H,10-11H2,1-2H3,(H,23,26)/t17-/m1/s1. The summed E-state index contributed by atoms with van der Waals surface area (Å²) in [5.41, 5.74) is 1.62. The van der Waals surface area contributed by atoms with Gasteiger partial charge >= 0.3 is 0 Å². The van der Waals surface area contributed by atoms with Crippen LogP contribution < -0.4 is 10.2 Å². The van der Waals surface area contributed by atoms with Crippen LogP contribution in [0.15, 0.2) is 42.5 Å². The lowest BCUT2D eigenvalue weighted by Crippen LogP contribution is -2.43. The fourth-order valence-electron chi connectivity index (χ4n) is 3.14. The first kappa shape index (κ1) is 20.3. The number of halogens is 2. The Hall–Kier alpha value is -2.41. The van der Waals surface area contributed by atoms with Crippen LogP contribution in [0, 0.1) is 6.92 Å². The Morgan fingerprint density at radius 2 is 1.82 bits per heavy atom. The Balaban J connectivity index is 1.71. The van der Waals surface area contributed by atoms with Crippen LogP contribution in [0.3, 0.4) is 0 Å². The van der Waals surface area contributed by atoms with E-state index in [9.17, 15) is 14.4 Å². The Morgan fingerprint density at radius 3 is 2.54 bits per heavy atom. The number of rotatable bonds is 5. The van der Waals surface area contributed by atoms with Gasteiger partial charge in [-0.1, -0.05) is 41.4 Å². The molecule has 1 N–H and O–H groups in total. The molecule has 2 aromatic rings. The highest BCUT2D eigenvalue weighted by Gasteiger charge is 2.42. The minimum absolute atomic E-state index is 0.000655. The molecule has 1 aliphatic rings. The van der Waals surface area contributed by atoms with Crippen LogP contribution >= 0.6 is 23.2 Å². The fraction of sp³-hybridized carbons (Fsp3) is 0.250. The number of hydrogen-bond acceptors (Lipinski definition) is 4. The minimum Gasteiger partial charge on any atom is -0.324 e. The van der Waals surface area contributed by atoms with Crippen molar-refractivity contribution in [2.24, 2.45) is 0 Å². The average molecular weight is 420 g/mol. The zero-order valence-electron chi connectivity index (χ0n) is 15.4. The summed E-state index contributed by atoms with van der Waals surface area (Å²) >= 11 is 12.2. The van der Waals surface area contributed by atoms with Crippen LogP contribution in [-0.2, 0) is 14.4 Å². The van der Waals surface area contributed by atoms with Gasteiger partial charge in [0.15, 0.2) is 0 Å². The summed E-state index contributed by atoms with van der Waals surface area (Å²) in [6.07, 6.45) is 0.000655. The maximum Gasteiger partial charge on any atom is 0.251 e. The van der Waals surface area contributed by atoms with Crippen molar-refractivity contribution in [2.75, 3.05) is 23.8 Å². The van der Waals surface area contributed by atoms with Crippen LogP contribution in [-0.4, -0.2) is 42.3 Å². The first-order valence-electron chi connectivity index (χ1n) is 8.66. The lowest BCUT2D eigenvalue weighted by Gasteiger charge is -2.23. The second kappa shape index (κ2) is 8.31. The normalized spacial score (nSPS) is 16.8. The van der Waals surface area contributed by atoms with E-state index in [2.05, 4.69) is 5.32 Å². The summed E-state index contributed by atoms with van der Waals surface area (Å²) < 4.78 is 0. The molecule has 1 saturated heterocycles. The maximum absolute atomic E-state index is 12.9. The van der Waals surface area contributed by atoms with Gasteiger partial charge in [0, 0.05) is 5.02 Å². The molecule has 8 heteroatoms. The van der Waals surface area contributed by atoms with Gasteiger partial charge in [0.05, 0.1) is 35.4 Å². The predicted octanol–water partition coefficient (Wildman–Crippen LogP) is 3.50. The Morgan fingerprint density at radius 1 is 1.14 bits per heavy atom. The Bertz CT molecular complexity index is 948. The first-order valence-corrected chi connectivity index (χ1v) is 9.41. The highest BCUT2D eigenvalue weighted by Crippen LogP contribution is 2.31. The number of carbonyl (C=O) groups excluding carboxylic acids is 3. The fourth-order valence-corrected chi connectivity index (χ4v) is 3.49. The molecule has 28 heavy (non-hydrogen) atoms. The zero-order chi connectivity index (χ0) is 20.4. The molecule has 146 valence electrons. The number of nitrogens with zero attached hydrogens (tertiary/aromatic N) is 2. The van der Waals surface area contributed by atoms with E-state index in [0.29, 0.717) is 27.0 Å². The highest BCUT2D eigenvalue weighted by atomic mass is 35.5. The molecule has 0 spiro atoms. The maximum atomic E-state index is 12.9. The summed E-state index contributed by atoms with van der Waals surface area (Å²) in [5.74, 6) is -1.02. The van der Waals surface area contributed by atoms with Gasteiger partial charge in [-0.25, -0.2) is 4.90 Å². The third kappa shape index (κ3) is 4.04. The molecule has 1 fully saturated rings. The van der Waals surface area contributed by atoms with Gasteiger partial charge < -0.3 is 5.32 Å². The van der Waals surface area contributed by atoms with Crippen LogP contribution in [0.1, 0.15) is 12.0 Å². The summed E-state index contributed by atoms with van der Waals surface area (Å²) in [4.78, 5) is 40.4. The average Bonchev–Trinajstić information content (AvgIpc) is 2.94. The number of benzene rings is 2. The predicted molar refractivity (Wildman–Crippen MR) is 110 cm³/mol. The van der Waals surface area contributed by atoms with Crippen molar-refractivity contribution in [1.29, 1.82) is 0 Å². The second-order valence-electron chi connectivity index (χ2n) is 6.61. The van der Waals surface area contributed by atoms with Gasteiger partial charge in [0.1, 0.15) is 0 Å². The molecule has 0 saturated carbocycles. The third-order valence-corrected chi connectivity index (χ3v) is 5.41. The van der Waals surface area contributed by atoms with E-state index < -0.39 is 6.04 Å². The summed E-state index contributed by atoms with van der Waals surface area (Å²) in [6, 6.07) is 11.2. The molecule has 1 aliphatic heterocycles. The van der Waals surface area contributed by atoms with Gasteiger partial charge in [-0.15, -0.1) is 0 Å². The monoisotopic (exact) mass is 419 g/mol. The smallest absolute Gasteiger partial charge is 0.251 e. The zero-order valence-corrected chi connectivity index (χ0v) is 16.9. The molecule has 2 aromatic carbocycles. The lowest BCUT2D eigenvalue weighted by molar-refractivity contribution is -0.123. The van der Waals surface area contributed by atoms with Crippen molar-refractivity contribution in [3.05, 3.63) is 58.1 Å². The van der Waals surface area contributed by atoms with Crippen molar-refractivity contribution in [3.63, 3.8) is 0 Å². The van der Waals surface area contributed by atoms with E-state index in [1.54, 1.807) is 61.3 Å². The quantitative estimate of drug-likeness (QED) is 0.752. The van der Waals surface area contributed by atoms with E-state index in [1.807, 2.05) is 0 Å². The van der Waals surface area contributed by atoms with Crippen LogP contribution in [0.5, 0.6) is 0 Å². The Kier molecular flexibility index (Phi) is 6.03. The second-order valence-corrected chi connectivity index (χ2v) is 7.43. The van der Waals surface area contributed by atoms with Gasteiger partial charge in [-0.3, -0.25) is 19.3 Å². The van der Waals surface area contributed by atoms with Gasteiger partial charge in [-0.05, 0) is 43.8 Å². The third-order valence-electron chi connectivity index (χ3n) is 4.68. The number of amides is 3. The molecule has 0 aliphatic carbocycles. The molecule has 0 aromatic heterocycles. The molecular formula is C20H19Cl2N3O3. The van der Waals surface area contributed by atoms with Crippen molar-refractivity contribution in [2.45, 2.75) is 19.4 Å². The summed E-state index contributed by atoms with van der Waals surface area (Å²) in [7, 11) is 1.64. The molecule has 1 atom stereocenters. The molecule has 3 rings (SSSR count). The van der Waals surface area contributed by atoms with E-state index >= 15 is 0 Å². The van der Waals surface area contributed by atoms with E-state index in [1.165, 1.54) is 0 Å². The molecule has 1 heterocycles. The SMILES string of the molecule is Cc1c(Cl)cccc1N1C(=O)C[C@@H](N(C)CC(=O)Nc2ccccc2Cl)C1=O. The van der Waals surface area contributed by atoms with Crippen molar-refractivity contribution < 1.29 is 14.4 Å². The number of carbonyl (C=O) groups is 3. The van der Waals surface area contributed by atoms with Crippen molar-refractivity contribution in [1.82, 2.24) is 4.90 Å². The largest absolute Gasteiger partial charge is 0.324 e. The lowest BCUT2D eigenvalue weighted by atomic mass is 10.2. The van der Waals surface area contributed by atoms with E-state index in [0.717, 1.165) is 4.90 Å². The molecule has 0 unspecified atom stereocenters. The number of hydrogen-bond donors (Lipinski definition) is 1. The van der Waals surface area contributed by atoms with Gasteiger partial charge in [-0.2, -0.15) is 0 Å². The number of anilines is 2. The van der Waals surface area contributed by atoms with Crippen molar-refractivity contribution >= 4 is 52.3 Å². The number of likely N-dealkylation sites (N-methyl/N-ethyl adjacent to an activating group) is 1. The molecule has 0 radical (unpaired) electrons. The van der Waals surface area contributed by atoms with Crippen molar-refractivity contribution in [3.8, 4) is 0 Å². The van der Waals surface area contributed by atoms with E-state index in [-0.39, 0.29) is 30.7 Å². The summed E-state index contributed by atoms with van der Waals surface area (Å²) in [5, 5.41) is 3.62. The topological polar surface area (TPSA) is 69.7 Å². The first-order chi connectivity index (χ1) is 13.3. The number of nitrogens with one attached hydrogen (secondary N) is 1. The molecule has 6 nitrogen and oxygen atoms in total. The molecule has 0 bridgehead atoms. The number of imide groups is 1. The van der Waals surface area contributed by atoms with Crippen LogP contribution in [0.4, 0.5) is 11.4 Å². The highest BCUT2D eigenvalue weighted by molar-refractivity contribution is 6.33.